The van der Waals surface area contributed by atoms with Crippen molar-refractivity contribution < 1.29 is 9.53 Å². The Bertz CT molecular complexity index is 306. The van der Waals surface area contributed by atoms with Gasteiger partial charge in [-0.1, -0.05) is 20.3 Å². The van der Waals surface area contributed by atoms with Crippen LogP contribution in [0.5, 0.6) is 0 Å². The van der Waals surface area contributed by atoms with Gasteiger partial charge in [0.05, 0.1) is 6.10 Å². The van der Waals surface area contributed by atoms with Crippen LogP contribution >= 0.6 is 0 Å². The minimum absolute atomic E-state index is 0.0913. The van der Waals surface area contributed by atoms with E-state index in [1.807, 2.05) is 11.8 Å². The standard InChI is InChI=1S/C16H30N2O2/c1-4-18(11-14-9-6-10-20-14)16(19)17-15-12(2)7-5-8-13(15)3/h12-15H,4-11H2,1-3H3,(H,17,19)/t12-,13-,14-/m0/s1. The summed E-state index contributed by atoms with van der Waals surface area (Å²) < 4.78 is 5.65. The van der Waals surface area contributed by atoms with Crippen LogP contribution in [0.1, 0.15) is 52.9 Å². The average Bonchev–Trinajstić information content (AvgIpc) is 2.93. The number of rotatable bonds is 4. The van der Waals surface area contributed by atoms with Crippen molar-refractivity contribution in [2.45, 2.75) is 65.0 Å². The molecule has 1 aliphatic carbocycles. The maximum atomic E-state index is 12.5. The minimum atomic E-state index is 0.0913. The molecule has 1 saturated carbocycles. The largest absolute Gasteiger partial charge is 0.376 e. The van der Waals surface area contributed by atoms with Gasteiger partial charge in [-0.2, -0.15) is 0 Å². The summed E-state index contributed by atoms with van der Waals surface area (Å²) in [5, 5.41) is 3.27. The minimum Gasteiger partial charge on any atom is -0.376 e. The molecule has 1 aliphatic heterocycles. The fraction of sp³-hybridized carbons (Fsp3) is 0.938. The second-order valence-corrected chi connectivity index (χ2v) is 6.53. The predicted molar refractivity (Wildman–Crippen MR) is 80.7 cm³/mol. The molecule has 3 atom stereocenters. The van der Waals surface area contributed by atoms with Crippen LogP contribution in [0.3, 0.4) is 0 Å². The van der Waals surface area contributed by atoms with Crippen molar-refractivity contribution in [2.24, 2.45) is 11.8 Å². The third kappa shape index (κ3) is 3.87. The van der Waals surface area contributed by atoms with Crippen molar-refractivity contribution in [2.75, 3.05) is 19.7 Å². The van der Waals surface area contributed by atoms with Gasteiger partial charge >= 0.3 is 6.03 Å². The molecule has 0 aromatic rings. The molecule has 20 heavy (non-hydrogen) atoms. The summed E-state index contributed by atoms with van der Waals surface area (Å²) in [7, 11) is 0. The van der Waals surface area contributed by atoms with Gasteiger partial charge in [0.1, 0.15) is 0 Å². The highest BCUT2D eigenvalue weighted by atomic mass is 16.5. The second-order valence-electron chi connectivity index (χ2n) is 6.53. The monoisotopic (exact) mass is 282 g/mol. The lowest BCUT2D eigenvalue weighted by molar-refractivity contribution is 0.0801. The predicted octanol–water partition coefficient (Wildman–Crippen LogP) is 3.02. The van der Waals surface area contributed by atoms with E-state index in [4.69, 9.17) is 4.74 Å². The molecule has 0 radical (unpaired) electrons. The zero-order chi connectivity index (χ0) is 14.5. The summed E-state index contributed by atoms with van der Waals surface area (Å²) in [5.74, 6) is 1.17. The molecular weight excluding hydrogens is 252 g/mol. The Labute approximate surface area is 123 Å². The molecule has 116 valence electrons. The summed E-state index contributed by atoms with van der Waals surface area (Å²) in [5.41, 5.74) is 0. The molecule has 1 heterocycles. The number of carbonyl (C=O) groups excluding carboxylic acids is 1. The number of nitrogens with zero attached hydrogens (tertiary/aromatic N) is 1. The van der Waals surface area contributed by atoms with Gasteiger partial charge in [-0.15, -0.1) is 0 Å². The number of hydrogen-bond acceptors (Lipinski definition) is 2. The second kappa shape index (κ2) is 7.30. The molecule has 0 spiro atoms. The molecule has 4 nitrogen and oxygen atoms in total. The smallest absolute Gasteiger partial charge is 0.317 e. The summed E-state index contributed by atoms with van der Waals surface area (Å²) in [6.07, 6.45) is 6.20. The molecule has 2 rings (SSSR count). The highest BCUT2D eigenvalue weighted by Gasteiger charge is 2.30. The Kier molecular flexibility index (Phi) is 5.70. The van der Waals surface area contributed by atoms with Crippen molar-refractivity contribution in [3.05, 3.63) is 0 Å². The lowest BCUT2D eigenvalue weighted by Crippen LogP contribution is -2.52. The number of ether oxygens (including phenoxy) is 1. The van der Waals surface area contributed by atoms with E-state index in [1.165, 1.54) is 19.3 Å². The lowest BCUT2D eigenvalue weighted by atomic mass is 9.79. The Morgan fingerprint density at radius 3 is 2.45 bits per heavy atom. The number of nitrogens with one attached hydrogen (secondary N) is 1. The average molecular weight is 282 g/mol. The summed E-state index contributed by atoms with van der Waals surface area (Å²) >= 11 is 0. The van der Waals surface area contributed by atoms with Gasteiger partial charge in [0.25, 0.3) is 0 Å². The quantitative estimate of drug-likeness (QED) is 0.861. The van der Waals surface area contributed by atoms with E-state index in [1.54, 1.807) is 0 Å². The van der Waals surface area contributed by atoms with Crippen LogP contribution in [-0.4, -0.2) is 42.8 Å². The molecule has 2 aliphatic rings. The van der Waals surface area contributed by atoms with E-state index < -0.39 is 0 Å². The number of carbonyl (C=O) groups is 1. The first-order valence-electron chi connectivity index (χ1n) is 8.28. The van der Waals surface area contributed by atoms with E-state index in [9.17, 15) is 4.79 Å². The normalized spacial score (nSPS) is 31.2. The number of likely N-dealkylation sites (N-methyl/N-ethyl adjacent to an activating group) is 1. The fourth-order valence-electron chi connectivity index (χ4n) is 3.59. The molecular formula is C16H30N2O2. The van der Waals surface area contributed by atoms with Crippen LogP contribution in [0.4, 0.5) is 4.79 Å². The van der Waals surface area contributed by atoms with Gasteiger partial charge in [0, 0.05) is 25.7 Å². The van der Waals surface area contributed by atoms with E-state index in [0.717, 1.165) is 32.5 Å². The van der Waals surface area contributed by atoms with Crippen LogP contribution < -0.4 is 5.32 Å². The lowest BCUT2D eigenvalue weighted by Gasteiger charge is -2.37. The maximum absolute atomic E-state index is 12.5. The van der Waals surface area contributed by atoms with Gasteiger partial charge in [-0.25, -0.2) is 4.79 Å². The Morgan fingerprint density at radius 1 is 1.20 bits per heavy atom. The number of urea groups is 1. The van der Waals surface area contributed by atoms with Crippen LogP contribution in [0.15, 0.2) is 0 Å². The summed E-state index contributed by atoms with van der Waals surface area (Å²) in [6, 6.07) is 0.420. The maximum Gasteiger partial charge on any atom is 0.317 e. The molecule has 2 amide bonds. The first kappa shape index (κ1) is 15.6. The van der Waals surface area contributed by atoms with Crippen molar-refractivity contribution in [3.8, 4) is 0 Å². The molecule has 1 N–H and O–H groups in total. The Hall–Kier alpha value is -0.770. The van der Waals surface area contributed by atoms with Crippen LogP contribution in [0.25, 0.3) is 0 Å². The van der Waals surface area contributed by atoms with E-state index >= 15 is 0 Å². The summed E-state index contributed by atoms with van der Waals surface area (Å²) in [6.45, 7) is 8.90. The van der Waals surface area contributed by atoms with Crippen LogP contribution in [-0.2, 0) is 4.74 Å². The van der Waals surface area contributed by atoms with Gasteiger partial charge < -0.3 is 15.0 Å². The van der Waals surface area contributed by atoms with Gasteiger partial charge in [-0.05, 0) is 44.4 Å². The molecule has 0 aromatic carbocycles. The van der Waals surface area contributed by atoms with Gasteiger partial charge in [0.2, 0.25) is 0 Å². The van der Waals surface area contributed by atoms with Gasteiger partial charge in [0.15, 0.2) is 0 Å². The highest BCUT2D eigenvalue weighted by molar-refractivity contribution is 5.74. The van der Waals surface area contributed by atoms with Crippen molar-refractivity contribution in [1.29, 1.82) is 0 Å². The van der Waals surface area contributed by atoms with Crippen LogP contribution in [0, 0.1) is 11.8 Å². The van der Waals surface area contributed by atoms with E-state index in [-0.39, 0.29) is 12.1 Å². The van der Waals surface area contributed by atoms with Crippen molar-refractivity contribution in [3.63, 3.8) is 0 Å². The zero-order valence-electron chi connectivity index (χ0n) is 13.2. The van der Waals surface area contributed by atoms with Crippen LogP contribution in [0.2, 0.25) is 0 Å². The fourth-order valence-corrected chi connectivity index (χ4v) is 3.59. The first-order valence-corrected chi connectivity index (χ1v) is 8.28. The molecule has 4 heteroatoms. The topological polar surface area (TPSA) is 41.6 Å². The molecule has 0 aromatic heterocycles. The van der Waals surface area contributed by atoms with E-state index in [0.29, 0.717) is 17.9 Å². The molecule has 0 bridgehead atoms. The molecule has 2 fully saturated rings. The first-order chi connectivity index (χ1) is 9.61. The Morgan fingerprint density at radius 2 is 1.90 bits per heavy atom. The molecule has 0 unspecified atom stereocenters. The number of amides is 2. The summed E-state index contributed by atoms with van der Waals surface area (Å²) in [4.78, 5) is 14.4. The third-order valence-electron chi connectivity index (χ3n) is 4.95. The Balaban J connectivity index is 1.87. The van der Waals surface area contributed by atoms with Gasteiger partial charge in [-0.3, -0.25) is 0 Å². The highest BCUT2D eigenvalue weighted by Crippen LogP contribution is 2.29. The van der Waals surface area contributed by atoms with E-state index in [2.05, 4.69) is 19.2 Å². The SMILES string of the molecule is CCN(C[C@@H]1CCCO1)C(=O)NC1[C@@H](C)CCC[C@@H]1C. The third-order valence-corrected chi connectivity index (χ3v) is 4.95. The molecule has 1 saturated heterocycles. The number of hydrogen-bond donors (Lipinski definition) is 1. The zero-order valence-corrected chi connectivity index (χ0v) is 13.2. The van der Waals surface area contributed by atoms with Crippen molar-refractivity contribution in [1.82, 2.24) is 10.2 Å². The van der Waals surface area contributed by atoms with Crippen molar-refractivity contribution >= 4 is 6.03 Å².